The monoisotopic (exact) mass is 542 g/mol. The highest BCUT2D eigenvalue weighted by Gasteiger charge is 2.31. The van der Waals surface area contributed by atoms with Gasteiger partial charge in [0.2, 0.25) is 0 Å². The van der Waals surface area contributed by atoms with E-state index in [2.05, 4.69) is 9.64 Å². The number of fused-ring (bicyclic) bond motifs is 1. The molecule has 3 aromatic rings. The second-order valence-electron chi connectivity index (χ2n) is 9.41. The van der Waals surface area contributed by atoms with E-state index >= 15 is 0 Å². The van der Waals surface area contributed by atoms with E-state index in [4.69, 9.17) is 28.3 Å². The standard InChI is InChI=1S/C26H27Cl2F3N2O3/c1-15-9-19(36-26(29,30)31)13-23-20(15)11-18(32(23)2)12-21-22(27)4-3-17(25(21)28)14-33-7-5-16(6-8-33)10-24(34)35/h3-4,9,11,13,16H,5-8,10,12,14H2,1-2H3,(H,34,35). The van der Waals surface area contributed by atoms with Gasteiger partial charge in [0.15, 0.2) is 0 Å². The van der Waals surface area contributed by atoms with Crippen molar-refractivity contribution in [3.05, 3.63) is 62.8 Å². The minimum Gasteiger partial charge on any atom is -0.481 e. The quantitative estimate of drug-likeness (QED) is 0.350. The van der Waals surface area contributed by atoms with Crippen LogP contribution in [-0.2, 0) is 24.8 Å². The van der Waals surface area contributed by atoms with Gasteiger partial charge in [-0.1, -0.05) is 29.3 Å². The number of carbonyl (C=O) groups is 1. The number of halogens is 5. The van der Waals surface area contributed by atoms with Crippen molar-refractivity contribution in [1.82, 2.24) is 9.47 Å². The third kappa shape index (κ3) is 6.10. The molecule has 5 nitrogen and oxygen atoms in total. The molecule has 10 heteroatoms. The number of aliphatic carboxylic acids is 1. The fourth-order valence-corrected chi connectivity index (χ4v) is 5.50. The first-order valence-corrected chi connectivity index (χ1v) is 12.4. The van der Waals surface area contributed by atoms with E-state index in [0.29, 0.717) is 34.1 Å². The smallest absolute Gasteiger partial charge is 0.481 e. The average Bonchev–Trinajstić information content (AvgIpc) is 3.09. The highest BCUT2D eigenvalue weighted by molar-refractivity contribution is 6.36. The summed E-state index contributed by atoms with van der Waals surface area (Å²) in [5.74, 6) is -0.816. The van der Waals surface area contributed by atoms with Crippen LogP contribution in [0.1, 0.15) is 41.6 Å². The van der Waals surface area contributed by atoms with Gasteiger partial charge in [-0.3, -0.25) is 9.69 Å². The molecule has 0 radical (unpaired) electrons. The number of nitrogens with zero attached hydrogens (tertiary/aromatic N) is 2. The fourth-order valence-electron chi connectivity index (χ4n) is 4.94. The van der Waals surface area contributed by atoms with Crippen LogP contribution in [0.4, 0.5) is 13.2 Å². The summed E-state index contributed by atoms with van der Waals surface area (Å²) in [6.07, 6.45) is -2.49. The molecule has 1 saturated heterocycles. The number of carboxylic acids is 1. The number of aromatic nitrogens is 1. The molecule has 0 aliphatic carbocycles. The zero-order chi connectivity index (χ0) is 26.2. The normalized spacial score (nSPS) is 15.5. The molecule has 4 rings (SSSR count). The molecule has 0 spiro atoms. The number of carboxylic acid groups (broad SMARTS) is 1. The maximum Gasteiger partial charge on any atom is 0.573 e. The van der Waals surface area contributed by atoms with Gasteiger partial charge in [0, 0.05) is 48.6 Å². The van der Waals surface area contributed by atoms with Crippen LogP contribution < -0.4 is 4.74 Å². The van der Waals surface area contributed by atoms with Crippen LogP contribution in [0, 0.1) is 12.8 Å². The third-order valence-electron chi connectivity index (χ3n) is 6.86. The van der Waals surface area contributed by atoms with Crippen LogP contribution >= 0.6 is 23.2 Å². The van der Waals surface area contributed by atoms with Gasteiger partial charge in [0.1, 0.15) is 5.75 Å². The Labute approximate surface area is 217 Å². The Kier molecular flexibility index (Phi) is 7.78. The molecule has 0 bridgehead atoms. The van der Waals surface area contributed by atoms with Gasteiger partial charge in [0.05, 0.1) is 10.5 Å². The maximum absolute atomic E-state index is 12.7. The lowest BCUT2D eigenvalue weighted by Crippen LogP contribution is -2.34. The summed E-state index contributed by atoms with van der Waals surface area (Å²) in [6.45, 7) is 3.98. The Bertz CT molecular complexity index is 1280. The molecule has 1 aliphatic heterocycles. The first kappa shape index (κ1) is 26.6. The summed E-state index contributed by atoms with van der Waals surface area (Å²) in [6, 6.07) is 8.42. The summed E-state index contributed by atoms with van der Waals surface area (Å²) < 4.78 is 44.2. The lowest BCUT2D eigenvalue weighted by Gasteiger charge is -2.31. The van der Waals surface area contributed by atoms with Crippen molar-refractivity contribution in [3.8, 4) is 5.75 Å². The van der Waals surface area contributed by atoms with Crippen molar-refractivity contribution in [2.75, 3.05) is 13.1 Å². The third-order valence-corrected chi connectivity index (χ3v) is 7.69. The Hall–Kier alpha value is -2.42. The molecule has 194 valence electrons. The Balaban J connectivity index is 1.56. The summed E-state index contributed by atoms with van der Waals surface area (Å²) >= 11 is 13.4. The van der Waals surface area contributed by atoms with Crippen molar-refractivity contribution in [3.63, 3.8) is 0 Å². The number of rotatable bonds is 7. The molecule has 0 atom stereocenters. The summed E-state index contributed by atoms with van der Waals surface area (Å²) in [7, 11) is 1.79. The summed E-state index contributed by atoms with van der Waals surface area (Å²) in [5, 5.41) is 10.9. The number of aryl methyl sites for hydroxylation is 2. The van der Waals surface area contributed by atoms with E-state index < -0.39 is 12.3 Å². The van der Waals surface area contributed by atoms with Crippen molar-refractivity contribution in [1.29, 1.82) is 0 Å². The van der Waals surface area contributed by atoms with Gasteiger partial charge in [-0.15, -0.1) is 13.2 Å². The number of hydrogen-bond donors (Lipinski definition) is 1. The number of piperidine rings is 1. The maximum atomic E-state index is 12.7. The molecule has 0 saturated carbocycles. The van der Waals surface area contributed by atoms with Crippen molar-refractivity contribution in [2.45, 2.75) is 45.5 Å². The fraction of sp³-hybridized carbons (Fsp3) is 0.423. The molecule has 2 aromatic carbocycles. The average molecular weight is 543 g/mol. The number of benzene rings is 2. The second-order valence-corrected chi connectivity index (χ2v) is 10.2. The second kappa shape index (κ2) is 10.5. The number of ether oxygens (including phenoxy) is 1. The Morgan fingerprint density at radius 2 is 1.86 bits per heavy atom. The van der Waals surface area contributed by atoms with Gasteiger partial charge in [-0.2, -0.15) is 0 Å². The van der Waals surface area contributed by atoms with Gasteiger partial charge < -0.3 is 14.4 Å². The van der Waals surface area contributed by atoms with E-state index in [1.165, 1.54) is 12.1 Å². The largest absolute Gasteiger partial charge is 0.573 e. The van der Waals surface area contributed by atoms with E-state index in [9.17, 15) is 18.0 Å². The van der Waals surface area contributed by atoms with Gasteiger partial charge in [0.25, 0.3) is 0 Å². The van der Waals surface area contributed by atoms with Crippen molar-refractivity contribution >= 4 is 40.1 Å². The van der Waals surface area contributed by atoms with E-state index in [1.807, 2.05) is 22.8 Å². The lowest BCUT2D eigenvalue weighted by molar-refractivity contribution is -0.274. The van der Waals surface area contributed by atoms with E-state index in [1.54, 1.807) is 14.0 Å². The van der Waals surface area contributed by atoms with Gasteiger partial charge in [-0.25, -0.2) is 0 Å². The molecule has 1 N–H and O–H groups in total. The van der Waals surface area contributed by atoms with Crippen molar-refractivity contribution in [2.24, 2.45) is 13.0 Å². The predicted molar refractivity (Wildman–Crippen MR) is 134 cm³/mol. The zero-order valence-electron chi connectivity index (χ0n) is 20.0. The number of hydrogen-bond acceptors (Lipinski definition) is 3. The summed E-state index contributed by atoms with van der Waals surface area (Å²) in [5.41, 5.74) is 3.84. The molecule has 36 heavy (non-hydrogen) atoms. The van der Waals surface area contributed by atoms with Crippen LogP contribution in [0.3, 0.4) is 0 Å². The van der Waals surface area contributed by atoms with E-state index in [-0.39, 0.29) is 18.1 Å². The van der Waals surface area contributed by atoms with Crippen molar-refractivity contribution < 1.29 is 27.8 Å². The minimum atomic E-state index is -4.76. The number of alkyl halides is 3. The molecular weight excluding hydrogens is 516 g/mol. The Morgan fingerprint density at radius 1 is 1.17 bits per heavy atom. The SMILES string of the molecule is Cc1cc(OC(F)(F)F)cc2c1cc(Cc1c(Cl)ccc(CN3CCC(CC(=O)O)CC3)c1Cl)n2C. The first-order valence-electron chi connectivity index (χ1n) is 11.7. The van der Waals surface area contributed by atoms with Crippen LogP contribution in [0.2, 0.25) is 10.0 Å². The Morgan fingerprint density at radius 3 is 2.50 bits per heavy atom. The molecule has 1 aromatic heterocycles. The molecule has 0 amide bonds. The first-order chi connectivity index (χ1) is 16.9. The molecule has 0 unspecified atom stereocenters. The van der Waals surface area contributed by atoms with Crippen LogP contribution in [0.15, 0.2) is 30.3 Å². The van der Waals surface area contributed by atoms with Crippen LogP contribution in [0.5, 0.6) is 5.75 Å². The highest BCUT2D eigenvalue weighted by Crippen LogP contribution is 2.35. The molecule has 2 heterocycles. The molecular formula is C26H27Cl2F3N2O3. The zero-order valence-corrected chi connectivity index (χ0v) is 21.5. The topological polar surface area (TPSA) is 54.7 Å². The lowest BCUT2D eigenvalue weighted by atomic mass is 9.93. The molecule has 1 aliphatic rings. The van der Waals surface area contributed by atoms with Crippen LogP contribution in [-0.4, -0.2) is 40.0 Å². The van der Waals surface area contributed by atoms with Gasteiger partial charge >= 0.3 is 12.3 Å². The summed E-state index contributed by atoms with van der Waals surface area (Å²) in [4.78, 5) is 13.2. The van der Waals surface area contributed by atoms with E-state index in [0.717, 1.165) is 48.1 Å². The van der Waals surface area contributed by atoms with Gasteiger partial charge in [-0.05, 0) is 73.7 Å². The predicted octanol–water partition coefficient (Wildman–Crippen LogP) is 6.97. The minimum absolute atomic E-state index is 0.201. The number of likely N-dealkylation sites (tertiary alicyclic amines) is 1. The molecule has 1 fully saturated rings. The highest BCUT2D eigenvalue weighted by atomic mass is 35.5. The van der Waals surface area contributed by atoms with Crippen LogP contribution in [0.25, 0.3) is 10.9 Å².